The number of anilines is 2. The van der Waals surface area contributed by atoms with E-state index >= 15 is 0 Å². The van der Waals surface area contributed by atoms with Gasteiger partial charge < -0.3 is 16.0 Å². The summed E-state index contributed by atoms with van der Waals surface area (Å²) >= 11 is 0. The smallest absolute Gasteiger partial charge is 0.251 e. The topological polar surface area (TPSA) is 70.2 Å². The number of para-hydroxylation sites is 1. The molecular weight excluding hydrogens is 326 g/mol. The predicted molar refractivity (Wildman–Crippen MR) is 104 cm³/mol. The molecule has 0 unspecified atom stereocenters. The monoisotopic (exact) mass is 351 g/mol. The summed E-state index contributed by atoms with van der Waals surface area (Å²) in [6.45, 7) is 0.169. The second-order valence-electron chi connectivity index (χ2n) is 6.66. The summed E-state index contributed by atoms with van der Waals surface area (Å²) in [5.41, 5.74) is 2.09. The lowest BCUT2D eigenvalue weighted by atomic mass is 9.95. The van der Waals surface area contributed by atoms with E-state index in [0.29, 0.717) is 11.3 Å². The van der Waals surface area contributed by atoms with Gasteiger partial charge in [-0.05, 0) is 43.2 Å². The molecule has 5 nitrogen and oxygen atoms in total. The number of nitrogens with one attached hydrogen (secondary N) is 3. The molecule has 0 saturated heterocycles. The van der Waals surface area contributed by atoms with E-state index in [1.54, 1.807) is 24.3 Å². The fourth-order valence-electron chi connectivity index (χ4n) is 3.20. The van der Waals surface area contributed by atoms with Crippen molar-refractivity contribution in [3.63, 3.8) is 0 Å². The van der Waals surface area contributed by atoms with Crippen LogP contribution in [0.4, 0.5) is 11.4 Å². The van der Waals surface area contributed by atoms with Crippen LogP contribution in [0.25, 0.3) is 0 Å². The van der Waals surface area contributed by atoms with Gasteiger partial charge in [0.2, 0.25) is 5.91 Å². The van der Waals surface area contributed by atoms with Crippen LogP contribution in [0.5, 0.6) is 0 Å². The molecular formula is C21H25N3O2. The van der Waals surface area contributed by atoms with Crippen molar-refractivity contribution in [3.8, 4) is 0 Å². The SMILES string of the molecule is O=C(CNc1ccccc1)Nc1cccc(C(=O)NC2CCCCC2)c1. The first-order valence-electron chi connectivity index (χ1n) is 9.20. The molecule has 0 aliphatic heterocycles. The fraction of sp³-hybridized carbons (Fsp3) is 0.333. The van der Waals surface area contributed by atoms with Crippen LogP contribution in [0.15, 0.2) is 54.6 Å². The Kier molecular flexibility index (Phi) is 6.25. The van der Waals surface area contributed by atoms with Gasteiger partial charge in [0.25, 0.3) is 5.91 Å². The van der Waals surface area contributed by atoms with E-state index in [9.17, 15) is 9.59 Å². The van der Waals surface area contributed by atoms with Gasteiger partial charge in [0.05, 0.1) is 6.54 Å². The first kappa shape index (κ1) is 18.0. The summed E-state index contributed by atoms with van der Waals surface area (Å²) in [7, 11) is 0. The molecule has 1 aliphatic carbocycles. The summed E-state index contributed by atoms with van der Waals surface area (Å²) < 4.78 is 0. The number of carbonyl (C=O) groups is 2. The molecule has 2 aromatic rings. The Morgan fingerprint density at radius 3 is 2.38 bits per heavy atom. The van der Waals surface area contributed by atoms with Crippen LogP contribution in [0.3, 0.4) is 0 Å². The molecule has 0 spiro atoms. The lowest BCUT2D eigenvalue weighted by Crippen LogP contribution is -2.36. The standard InChI is InChI=1S/C21H25N3O2/c25-20(15-22-17-9-3-1-4-10-17)23-19-13-7-8-16(14-19)21(26)24-18-11-5-2-6-12-18/h1,3-4,7-10,13-14,18,22H,2,5-6,11-12,15H2,(H,23,25)(H,24,26). The Balaban J connectivity index is 1.53. The molecule has 26 heavy (non-hydrogen) atoms. The molecule has 1 fully saturated rings. The molecule has 2 aromatic carbocycles. The highest BCUT2D eigenvalue weighted by atomic mass is 16.2. The van der Waals surface area contributed by atoms with Gasteiger partial charge in [-0.1, -0.05) is 43.5 Å². The minimum atomic E-state index is -0.154. The molecule has 2 amide bonds. The lowest BCUT2D eigenvalue weighted by Gasteiger charge is -2.22. The van der Waals surface area contributed by atoms with Gasteiger partial charge in [-0.2, -0.15) is 0 Å². The normalized spacial score (nSPS) is 14.5. The van der Waals surface area contributed by atoms with Crippen molar-refractivity contribution in [2.75, 3.05) is 17.2 Å². The van der Waals surface area contributed by atoms with Crippen molar-refractivity contribution in [3.05, 3.63) is 60.2 Å². The maximum atomic E-state index is 12.4. The third-order valence-electron chi connectivity index (χ3n) is 4.58. The van der Waals surface area contributed by atoms with Crippen LogP contribution >= 0.6 is 0 Å². The average molecular weight is 351 g/mol. The van der Waals surface area contributed by atoms with Crippen molar-refractivity contribution in [1.29, 1.82) is 0 Å². The lowest BCUT2D eigenvalue weighted by molar-refractivity contribution is -0.114. The third-order valence-corrected chi connectivity index (χ3v) is 4.58. The van der Waals surface area contributed by atoms with Gasteiger partial charge in [0.1, 0.15) is 0 Å². The highest BCUT2D eigenvalue weighted by molar-refractivity contribution is 5.98. The van der Waals surface area contributed by atoms with Crippen molar-refractivity contribution in [2.24, 2.45) is 0 Å². The third kappa shape index (κ3) is 5.34. The fourth-order valence-corrected chi connectivity index (χ4v) is 3.20. The first-order chi connectivity index (χ1) is 12.7. The zero-order chi connectivity index (χ0) is 18.2. The quantitative estimate of drug-likeness (QED) is 0.741. The van der Waals surface area contributed by atoms with Gasteiger partial charge >= 0.3 is 0 Å². The number of amides is 2. The first-order valence-corrected chi connectivity index (χ1v) is 9.20. The van der Waals surface area contributed by atoms with E-state index in [4.69, 9.17) is 0 Å². The van der Waals surface area contributed by atoms with Gasteiger partial charge in [0.15, 0.2) is 0 Å². The summed E-state index contributed by atoms with van der Waals surface area (Å²) in [5.74, 6) is -0.228. The Bertz CT molecular complexity index is 740. The molecule has 136 valence electrons. The van der Waals surface area contributed by atoms with Crippen molar-refractivity contribution < 1.29 is 9.59 Å². The minimum absolute atomic E-state index is 0.0737. The Morgan fingerprint density at radius 2 is 1.62 bits per heavy atom. The van der Waals surface area contributed by atoms with Crippen LogP contribution in [0.1, 0.15) is 42.5 Å². The van der Waals surface area contributed by atoms with Crippen molar-refractivity contribution in [2.45, 2.75) is 38.1 Å². The molecule has 5 heteroatoms. The highest BCUT2D eigenvalue weighted by Crippen LogP contribution is 2.18. The van der Waals surface area contributed by atoms with E-state index < -0.39 is 0 Å². The summed E-state index contributed by atoms with van der Waals surface area (Å²) in [5, 5.41) is 8.99. The van der Waals surface area contributed by atoms with E-state index in [2.05, 4.69) is 16.0 Å². The molecule has 1 saturated carbocycles. The molecule has 3 rings (SSSR count). The molecule has 1 aliphatic rings. The predicted octanol–water partition coefficient (Wildman–Crippen LogP) is 3.80. The molecule has 0 radical (unpaired) electrons. The van der Waals surface area contributed by atoms with E-state index in [1.165, 1.54) is 19.3 Å². The zero-order valence-corrected chi connectivity index (χ0v) is 14.8. The highest BCUT2D eigenvalue weighted by Gasteiger charge is 2.16. The number of carbonyl (C=O) groups excluding carboxylic acids is 2. The van der Waals surface area contributed by atoms with Crippen LogP contribution in [0.2, 0.25) is 0 Å². The van der Waals surface area contributed by atoms with Gasteiger partial charge in [-0.25, -0.2) is 0 Å². The summed E-state index contributed by atoms with van der Waals surface area (Å²) in [6, 6.07) is 16.9. The number of rotatable bonds is 6. The van der Waals surface area contributed by atoms with Crippen LogP contribution in [-0.4, -0.2) is 24.4 Å². The summed E-state index contributed by atoms with van der Waals surface area (Å²) in [6.07, 6.45) is 5.70. The Labute approximate surface area is 154 Å². The van der Waals surface area contributed by atoms with Crippen molar-refractivity contribution in [1.82, 2.24) is 5.32 Å². The number of hydrogen-bond acceptors (Lipinski definition) is 3. The molecule has 0 aromatic heterocycles. The van der Waals surface area contributed by atoms with Crippen LogP contribution in [-0.2, 0) is 4.79 Å². The second-order valence-corrected chi connectivity index (χ2v) is 6.66. The van der Waals surface area contributed by atoms with Gasteiger partial charge in [0, 0.05) is 23.0 Å². The van der Waals surface area contributed by atoms with E-state index in [0.717, 1.165) is 18.5 Å². The number of benzene rings is 2. The zero-order valence-electron chi connectivity index (χ0n) is 14.8. The second kappa shape index (κ2) is 9.04. The van der Waals surface area contributed by atoms with Gasteiger partial charge in [-0.3, -0.25) is 9.59 Å². The average Bonchev–Trinajstić information content (AvgIpc) is 2.68. The maximum Gasteiger partial charge on any atom is 0.251 e. The number of hydrogen-bond donors (Lipinski definition) is 3. The van der Waals surface area contributed by atoms with Crippen LogP contribution < -0.4 is 16.0 Å². The van der Waals surface area contributed by atoms with E-state index in [-0.39, 0.29) is 24.4 Å². The van der Waals surface area contributed by atoms with E-state index in [1.807, 2.05) is 30.3 Å². The van der Waals surface area contributed by atoms with Crippen LogP contribution in [0, 0.1) is 0 Å². The van der Waals surface area contributed by atoms with Gasteiger partial charge in [-0.15, -0.1) is 0 Å². The summed E-state index contributed by atoms with van der Waals surface area (Å²) in [4.78, 5) is 24.5. The Morgan fingerprint density at radius 1 is 0.885 bits per heavy atom. The maximum absolute atomic E-state index is 12.4. The van der Waals surface area contributed by atoms with Crippen molar-refractivity contribution >= 4 is 23.2 Å². The molecule has 3 N–H and O–H groups in total. The Hall–Kier alpha value is -2.82. The molecule has 0 heterocycles. The molecule has 0 bridgehead atoms. The molecule has 0 atom stereocenters. The largest absolute Gasteiger partial charge is 0.376 e. The minimum Gasteiger partial charge on any atom is -0.376 e.